The quantitative estimate of drug-likeness (QED) is 0.545. The molecule has 0 aromatic carbocycles. The van der Waals surface area contributed by atoms with Gasteiger partial charge in [-0.05, 0) is 24.1 Å². The Hall–Kier alpha value is -2.12. The average molecular weight is 391 g/mol. The molecule has 1 aromatic heterocycles. The van der Waals surface area contributed by atoms with Gasteiger partial charge in [0.25, 0.3) is 0 Å². The Morgan fingerprint density at radius 3 is 2.40 bits per heavy atom. The molecule has 25 heavy (non-hydrogen) atoms. The maximum absolute atomic E-state index is 13.6. The molecule has 0 bridgehead atoms. The van der Waals surface area contributed by atoms with Gasteiger partial charge in [0, 0.05) is 0 Å². The van der Waals surface area contributed by atoms with E-state index < -0.39 is 11.9 Å². The summed E-state index contributed by atoms with van der Waals surface area (Å²) in [5.41, 5.74) is -0.321. The van der Waals surface area contributed by atoms with Crippen LogP contribution in [0.2, 0.25) is 10.0 Å². The Labute approximate surface area is 151 Å². The molecule has 0 fully saturated rings. The molecular weight excluding hydrogens is 380 g/mol. The van der Waals surface area contributed by atoms with Crippen LogP contribution in [0.15, 0.2) is 59.4 Å². The highest BCUT2D eigenvalue weighted by atomic mass is 35.5. The van der Waals surface area contributed by atoms with Gasteiger partial charge < -0.3 is 9.94 Å². The van der Waals surface area contributed by atoms with Gasteiger partial charge in [-0.25, -0.2) is 0 Å². The van der Waals surface area contributed by atoms with E-state index in [4.69, 9.17) is 27.9 Å². The fourth-order valence-electron chi connectivity index (χ4n) is 2.73. The van der Waals surface area contributed by atoms with Crippen molar-refractivity contribution in [3.63, 3.8) is 0 Å². The number of halogens is 5. The maximum Gasteiger partial charge on any atom is 0.431 e. The van der Waals surface area contributed by atoms with Gasteiger partial charge in [0.2, 0.25) is 12.4 Å². The van der Waals surface area contributed by atoms with Gasteiger partial charge >= 0.3 is 6.18 Å². The number of anilines is 1. The molecule has 0 saturated carbocycles. The van der Waals surface area contributed by atoms with Crippen LogP contribution in [-0.4, -0.2) is 13.3 Å². The molecule has 1 aromatic rings. The summed E-state index contributed by atoms with van der Waals surface area (Å²) in [5, 5.41) is 11.0. The van der Waals surface area contributed by atoms with Gasteiger partial charge in [0.15, 0.2) is 0 Å². The third-order valence-electron chi connectivity index (χ3n) is 3.72. The fourth-order valence-corrected chi connectivity index (χ4v) is 3.34. The number of fused-ring (bicyclic) bond motifs is 1. The summed E-state index contributed by atoms with van der Waals surface area (Å²) < 4.78 is 46.5. The van der Waals surface area contributed by atoms with E-state index in [2.05, 4.69) is 0 Å². The highest BCUT2D eigenvalue weighted by Crippen LogP contribution is 2.46. The predicted molar refractivity (Wildman–Crippen MR) is 87.9 cm³/mol. The van der Waals surface area contributed by atoms with Crippen LogP contribution in [0, 0.1) is 5.21 Å². The summed E-state index contributed by atoms with van der Waals surface area (Å²) in [5.74, 6) is 0.235. The summed E-state index contributed by atoms with van der Waals surface area (Å²) in [6.45, 7) is 0. The molecule has 9 heteroatoms. The Morgan fingerprint density at radius 2 is 1.84 bits per heavy atom. The van der Waals surface area contributed by atoms with Gasteiger partial charge in [-0.15, -0.1) is 0 Å². The fraction of sp³-hybridized carbons (Fsp3) is 0.188. The molecule has 0 atom stereocenters. The minimum atomic E-state index is -4.68. The van der Waals surface area contributed by atoms with Crippen LogP contribution in [0.4, 0.5) is 18.9 Å². The molecule has 1 aliphatic carbocycles. The molecule has 0 saturated heterocycles. The van der Waals surface area contributed by atoms with Crippen LogP contribution in [0.3, 0.4) is 0 Å². The smallest absolute Gasteiger partial charge is 0.431 e. The highest BCUT2D eigenvalue weighted by molar-refractivity contribution is 6.39. The zero-order valence-electron chi connectivity index (χ0n) is 12.8. The second-order valence-electron chi connectivity index (χ2n) is 5.26. The maximum atomic E-state index is 13.6. The molecule has 0 unspecified atom stereocenters. The molecule has 3 rings (SSSR count). The minimum absolute atomic E-state index is 0.135. The first-order valence-electron chi connectivity index (χ1n) is 7.05. The highest BCUT2D eigenvalue weighted by Gasteiger charge is 2.44. The van der Waals surface area contributed by atoms with Crippen LogP contribution in [0.1, 0.15) is 6.42 Å². The summed E-state index contributed by atoms with van der Waals surface area (Å²) >= 11 is 12.1. The topological polar surface area (TPSA) is 39.4 Å². The lowest BCUT2D eigenvalue weighted by atomic mass is 9.96. The molecule has 132 valence electrons. The second kappa shape index (κ2) is 6.31. The predicted octanol–water partition coefficient (Wildman–Crippen LogP) is 4.64. The average Bonchev–Trinajstić information content (AvgIpc) is 2.52. The number of hydrogen-bond acceptors (Lipinski definition) is 3. The van der Waals surface area contributed by atoms with E-state index >= 15 is 0 Å². The van der Waals surface area contributed by atoms with Crippen molar-refractivity contribution < 1.29 is 22.6 Å². The third-order valence-corrected chi connectivity index (χ3v) is 4.27. The number of rotatable bonds is 2. The van der Waals surface area contributed by atoms with Gasteiger partial charge in [0.05, 0.1) is 18.5 Å². The summed E-state index contributed by atoms with van der Waals surface area (Å²) in [6, 6.07) is 0. The number of aromatic nitrogens is 1. The van der Waals surface area contributed by atoms with Crippen molar-refractivity contribution >= 4 is 28.9 Å². The van der Waals surface area contributed by atoms with Crippen LogP contribution in [0.5, 0.6) is 0 Å². The Kier molecular flexibility index (Phi) is 4.47. The van der Waals surface area contributed by atoms with Crippen molar-refractivity contribution in [3.05, 3.63) is 74.7 Å². The van der Waals surface area contributed by atoms with E-state index in [0.717, 1.165) is 23.4 Å². The van der Waals surface area contributed by atoms with E-state index in [1.54, 1.807) is 12.2 Å². The van der Waals surface area contributed by atoms with Crippen LogP contribution in [-0.2, 0) is 4.74 Å². The number of alkyl halides is 3. The van der Waals surface area contributed by atoms with E-state index in [1.807, 2.05) is 0 Å². The SMILES string of the molecule is COC1=C2C(=CC=C(C(F)(F)F)N2c2c(Cl)c[n+]([O-])cc2Cl)CC=C1. The van der Waals surface area contributed by atoms with Crippen LogP contribution in [0.25, 0.3) is 0 Å². The summed E-state index contributed by atoms with van der Waals surface area (Å²) in [6.07, 6.45) is 3.33. The van der Waals surface area contributed by atoms with Gasteiger partial charge in [0.1, 0.15) is 21.5 Å². The number of pyridine rings is 1. The van der Waals surface area contributed by atoms with Gasteiger partial charge in [-0.1, -0.05) is 35.4 Å². The monoisotopic (exact) mass is 390 g/mol. The number of methoxy groups -OCH3 is 1. The van der Waals surface area contributed by atoms with Crippen molar-refractivity contribution in [1.82, 2.24) is 0 Å². The number of ether oxygens (including phenoxy) is 1. The van der Waals surface area contributed by atoms with E-state index in [1.165, 1.54) is 13.2 Å². The molecule has 2 heterocycles. The van der Waals surface area contributed by atoms with Crippen molar-refractivity contribution in [2.45, 2.75) is 12.6 Å². The van der Waals surface area contributed by atoms with Crippen molar-refractivity contribution in [2.24, 2.45) is 0 Å². The first-order valence-corrected chi connectivity index (χ1v) is 7.80. The Bertz CT molecular complexity index is 834. The summed E-state index contributed by atoms with van der Waals surface area (Å²) in [7, 11) is 1.36. The zero-order valence-corrected chi connectivity index (χ0v) is 14.3. The second-order valence-corrected chi connectivity index (χ2v) is 6.08. The molecule has 2 aliphatic rings. The van der Waals surface area contributed by atoms with Gasteiger partial charge in [-0.3, -0.25) is 4.90 Å². The van der Waals surface area contributed by atoms with Gasteiger partial charge in [-0.2, -0.15) is 17.9 Å². The summed E-state index contributed by atoms with van der Waals surface area (Å²) in [4.78, 5) is 0.891. The van der Waals surface area contributed by atoms with Crippen LogP contribution < -0.4 is 9.63 Å². The lowest BCUT2D eigenvalue weighted by Gasteiger charge is -2.36. The number of hydrogen-bond donors (Lipinski definition) is 0. The van der Waals surface area contributed by atoms with Crippen molar-refractivity contribution in [2.75, 3.05) is 12.0 Å². The Morgan fingerprint density at radius 1 is 1.20 bits per heavy atom. The lowest BCUT2D eigenvalue weighted by molar-refractivity contribution is -0.605. The van der Waals surface area contributed by atoms with Crippen molar-refractivity contribution in [3.8, 4) is 0 Å². The molecular formula is C16H11Cl2F3N2O2. The third kappa shape index (κ3) is 3.09. The molecule has 1 aliphatic heterocycles. The molecule has 0 spiro atoms. The standard InChI is InChI=1S/C16H11Cl2F3N2O2/c1-25-12-4-2-3-9-5-6-13(16(19,20)21)23(14(9)12)15-10(17)7-22(24)8-11(15)18/h2,4-8H,3H2,1H3. The largest absolute Gasteiger partial charge is 0.619 e. The number of nitrogens with zero attached hydrogens (tertiary/aromatic N) is 2. The molecule has 0 N–H and O–H groups in total. The normalized spacial score (nSPS) is 17.3. The first-order chi connectivity index (χ1) is 11.7. The van der Waals surface area contributed by atoms with E-state index in [9.17, 15) is 18.4 Å². The van der Waals surface area contributed by atoms with Crippen molar-refractivity contribution in [1.29, 1.82) is 0 Å². The zero-order chi connectivity index (χ0) is 18.4. The molecule has 0 radical (unpaired) electrons. The molecule has 0 amide bonds. The van der Waals surface area contributed by atoms with E-state index in [-0.39, 0.29) is 27.2 Å². The molecule has 4 nitrogen and oxygen atoms in total. The number of allylic oxidation sites excluding steroid dienone is 6. The first kappa shape index (κ1) is 17.7. The van der Waals surface area contributed by atoms with E-state index in [0.29, 0.717) is 16.7 Å². The lowest BCUT2D eigenvalue weighted by Crippen LogP contribution is -2.36. The minimum Gasteiger partial charge on any atom is -0.619 e. The Balaban J connectivity index is 2.32. The van der Waals surface area contributed by atoms with Crippen LogP contribution >= 0.6 is 23.2 Å².